The first kappa shape index (κ1) is 19.0. The molecule has 0 radical (unpaired) electrons. The van der Waals surface area contributed by atoms with Crippen molar-refractivity contribution in [1.29, 1.82) is 0 Å². The number of carbonyl (C=O) groups excluding carboxylic acids is 2. The Labute approximate surface area is 177 Å². The van der Waals surface area contributed by atoms with Crippen LogP contribution >= 0.6 is 0 Å². The number of hydrogen-bond donors (Lipinski definition) is 1. The van der Waals surface area contributed by atoms with Crippen molar-refractivity contribution in [3.05, 3.63) is 94.0 Å². The van der Waals surface area contributed by atoms with E-state index in [0.29, 0.717) is 11.3 Å². The average molecular weight is 412 g/mol. The second-order valence-electron chi connectivity index (χ2n) is 7.99. The Morgan fingerprint density at radius 1 is 1.00 bits per heavy atom. The molecule has 2 aromatic carbocycles. The molecule has 0 spiro atoms. The minimum Gasteiger partial charge on any atom is -0.319 e. The number of fused-ring (bicyclic) bond motifs is 2. The zero-order valence-corrected chi connectivity index (χ0v) is 17.1. The molecule has 4 aromatic rings. The van der Waals surface area contributed by atoms with Crippen molar-refractivity contribution in [3.63, 3.8) is 0 Å². The number of benzene rings is 2. The summed E-state index contributed by atoms with van der Waals surface area (Å²) < 4.78 is 1.45. The Bertz CT molecular complexity index is 1440. The SMILES string of the molecule is Cc1ccc2nc(CN3C(=O)NC(C)(c4cccc5ccccc45)C3=O)cc(=O)n2c1. The molecule has 154 valence electrons. The van der Waals surface area contributed by atoms with Crippen LogP contribution in [0.5, 0.6) is 0 Å². The number of nitrogens with zero attached hydrogens (tertiary/aromatic N) is 3. The Hall–Kier alpha value is -4.00. The van der Waals surface area contributed by atoms with Gasteiger partial charge in [-0.2, -0.15) is 0 Å². The Morgan fingerprint density at radius 2 is 1.77 bits per heavy atom. The van der Waals surface area contributed by atoms with Crippen molar-refractivity contribution >= 4 is 28.4 Å². The standard InChI is InChI=1S/C24H20N4O3/c1-15-10-11-20-25-17(12-21(29)27(20)13-15)14-28-22(30)24(2,26-23(28)31)19-9-5-7-16-6-3-4-8-18(16)19/h3-13H,14H2,1-2H3,(H,26,31). The van der Waals surface area contributed by atoms with Gasteiger partial charge in [-0.25, -0.2) is 9.78 Å². The van der Waals surface area contributed by atoms with Gasteiger partial charge in [0.25, 0.3) is 11.5 Å². The van der Waals surface area contributed by atoms with Crippen molar-refractivity contribution in [2.45, 2.75) is 25.9 Å². The van der Waals surface area contributed by atoms with Crippen LogP contribution in [0.1, 0.15) is 23.7 Å². The monoisotopic (exact) mass is 412 g/mol. The van der Waals surface area contributed by atoms with E-state index in [1.54, 1.807) is 19.2 Å². The fraction of sp³-hybridized carbons (Fsp3) is 0.167. The van der Waals surface area contributed by atoms with Crippen LogP contribution in [0.2, 0.25) is 0 Å². The highest BCUT2D eigenvalue weighted by atomic mass is 16.2. The highest BCUT2D eigenvalue weighted by Crippen LogP contribution is 2.34. The summed E-state index contributed by atoms with van der Waals surface area (Å²) in [5.74, 6) is -0.375. The first-order valence-corrected chi connectivity index (χ1v) is 9.98. The number of aromatic nitrogens is 2. The topological polar surface area (TPSA) is 83.8 Å². The second-order valence-corrected chi connectivity index (χ2v) is 7.99. The predicted molar refractivity (Wildman–Crippen MR) is 117 cm³/mol. The maximum atomic E-state index is 13.4. The van der Waals surface area contributed by atoms with Crippen molar-refractivity contribution in [2.75, 3.05) is 0 Å². The minimum absolute atomic E-state index is 0.0787. The van der Waals surface area contributed by atoms with Gasteiger partial charge in [0.2, 0.25) is 0 Å². The van der Waals surface area contributed by atoms with Gasteiger partial charge >= 0.3 is 6.03 Å². The third-order valence-corrected chi connectivity index (χ3v) is 5.78. The zero-order valence-electron chi connectivity index (χ0n) is 17.1. The van der Waals surface area contributed by atoms with Crippen LogP contribution in [0.3, 0.4) is 0 Å². The summed E-state index contributed by atoms with van der Waals surface area (Å²) in [6.45, 7) is 3.52. The molecule has 0 aliphatic carbocycles. The van der Waals surface area contributed by atoms with Gasteiger partial charge in [0.15, 0.2) is 0 Å². The van der Waals surface area contributed by atoms with Crippen LogP contribution in [0, 0.1) is 6.92 Å². The summed E-state index contributed by atoms with van der Waals surface area (Å²) in [7, 11) is 0. The van der Waals surface area contributed by atoms with Gasteiger partial charge < -0.3 is 5.32 Å². The number of imide groups is 1. The number of nitrogens with one attached hydrogen (secondary N) is 1. The second kappa shape index (κ2) is 6.77. The molecule has 31 heavy (non-hydrogen) atoms. The summed E-state index contributed by atoms with van der Waals surface area (Å²) in [6.07, 6.45) is 1.71. The van der Waals surface area contributed by atoms with Crippen LogP contribution in [0.25, 0.3) is 16.4 Å². The molecule has 7 heteroatoms. The fourth-order valence-corrected chi connectivity index (χ4v) is 4.19. The molecule has 1 unspecified atom stereocenters. The molecule has 3 amide bonds. The summed E-state index contributed by atoms with van der Waals surface area (Å²) in [5.41, 5.74) is 1.03. The number of hydrogen-bond acceptors (Lipinski definition) is 4. The Kier molecular flexibility index (Phi) is 4.15. The zero-order chi connectivity index (χ0) is 21.8. The number of pyridine rings is 1. The van der Waals surface area contributed by atoms with E-state index in [-0.39, 0.29) is 18.0 Å². The van der Waals surface area contributed by atoms with Crippen LogP contribution in [0.4, 0.5) is 4.79 Å². The number of urea groups is 1. The summed E-state index contributed by atoms with van der Waals surface area (Å²) >= 11 is 0. The summed E-state index contributed by atoms with van der Waals surface area (Å²) in [4.78, 5) is 44.3. The average Bonchev–Trinajstić information content (AvgIpc) is 2.97. The number of rotatable bonds is 3. The first-order valence-electron chi connectivity index (χ1n) is 9.98. The molecule has 1 saturated heterocycles. The largest absolute Gasteiger partial charge is 0.325 e. The van der Waals surface area contributed by atoms with Gasteiger partial charge in [-0.15, -0.1) is 0 Å². The van der Waals surface area contributed by atoms with Crippen molar-refractivity contribution in [2.24, 2.45) is 0 Å². The maximum Gasteiger partial charge on any atom is 0.325 e. The Balaban J connectivity index is 1.53. The lowest BCUT2D eigenvalue weighted by molar-refractivity contribution is -0.131. The lowest BCUT2D eigenvalue weighted by Gasteiger charge is -2.24. The van der Waals surface area contributed by atoms with Gasteiger partial charge in [0.1, 0.15) is 11.2 Å². The van der Waals surface area contributed by atoms with Gasteiger partial charge in [0, 0.05) is 12.3 Å². The van der Waals surface area contributed by atoms with Gasteiger partial charge in [-0.1, -0.05) is 48.5 Å². The predicted octanol–water partition coefficient (Wildman–Crippen LogP) is 3.12. The molecule has 1 fully saturated rings. The normalized spacial score (nSPS) is 18.7. The molecule has 2 aromatic heterocycles. The van der Waals surface area contributed by atoms with Gasteiger partial charge in [0.05, 0.1) is 12.2 Å². The van der Waals surface area contributed by atoms with Crippen molar-refractivity contribution in [1.82, 2.24) is 19.6 Å². The Morgan fingerprint density at radius 3 is 2.61 bits per heavy atom. The number of amides is 3. The van der Waals surface area contributed by atoms with Gasteiger partial charge in [-0.3, -0.25) is 18.9 Å². The smallest absolute Gasteiger partial charge is 0.319 e. The van der Waals surface area contributed by atoms with E-state index in [9.17, 15) is 14.4 Å². The quantitative estimate of drug-likeness (QED) is 0.524. The molecule has 1 N–H and O–H groups in total. The highest BCUT2D eigenvalue weighted by Gasteiger charge is 2.49. The third kappa shape index (κ3) is 2.97. The van der Waals surface area contributed by atoms with Crippen LogP contribution in [-0.2, 0) is 16.9 Å². The van der Waals surface area contributed by atoms with E-state index in [4.69, 9.17) is 0 Å². The molecule has 7 nitrogen and oxygen atoms in total. The molecule has 1 atom stereocenters. The minimum atomic E-state index is -1.21. The molecule has 1 aliphatic rings. The molecule has 5 rings (SSSR count). The van der Waals surface area contributed by atoms with Crippen LogP contribution in [0.15, 0.2) is 71.7 Å². The van der Waals surface area contributed by atoms with E-state index in [1.165, 1.54) is 10.5 Å². The summed E-state index contributed by atoms with van der Waals surface area (Å²) in [5, 5.41) is 4.73. The van der Waals surface area contributed by atoms with E-state index in [2.05, 4.69) is 10.3 Å². The molecular weight excluding hydrogens is 392 g/mol. The van der Waals surface area contributed by atoms with E-state index in [0.717, 1.165) is 26.8 Å². The van der Waals surface area contributed by atoms with Gasteiger partial charge in [-0.05, 0) is 41.8 Å². The van der Waals surface area contributed by atoms with Crippen molar-refractivity contribution in [3.8, 4) is 0 Å². The van der Waals surface area contributed by atoms with E-state index < -0.39 is 11.6 Å². The molecule has 0 saturated carbocycles. The number of carbonyl (C=O) groups is 2. The van der Waals surface area contributed by atoms with E-state index in [1.807, 2.05) is 55.5 Å². The molecule has 0 bridgehead atoms. The van der Waals surface area contributed by atoms with Crippen LogP contribution in [-0.4, -0.2) is 26.2 Å². The molecular formula is C24H20N4O3. The third-order valence-electron chi connectivity index (χ3n) is 5.78. The summed E-state index contributed by atoms with van der Waals surface area (Å²) in [6, 6.07) is 17.9. The fourth-order valence-electron chi connectivity index (χ4n) is 4.19. The maximum absolute atomic E-state index is 13.4. The molecule has 3 heterocycles. The lowest BCUT2D eigenvalue weighted by Crippen LogP contribution is -2.41. The number of aryl methyl sites for hydroxylation is 1. The first-order chi connectivity index (χ1) is 14.9. The van der Waals surface area contributed by atoms with Crippen LogP contribution < -0.4 is 10.9 Å². The lowest BCUT2D eigenvalue weighted by atomic mass is 9.88. The molecule has 1 aliphatic heterocycles. The van der Waals surface area contributed by atoms with Crippen molar-refractivity contribution < 1.29 is 9.59 Å². The highest BCUT2D eigenvalue weighted by molar-refractivity contribution is 6.09. The van der Waals surface area contributed by atoms with E-state index >= 15 is 0 Å².